The molecular formula is C17H18N2O. The molecular weight excluding hydrogens is 248 g/mol. The maximum atomic E-state index is 12.2. The van der Waals surface area contributed by atoms with Crippen LogP contribution in [0.25, 0.3) is 10.8 Å². The van der Waals surface area contributed by atoms with Gasteiger partial charge in [-0.1, -0.05) is 42.0 Å². The second-order valence-electron chi connectivity index (χ2n) is 5.06. The van der Waals surface area contributed by atoms with Crippen molar-refractivity contribution < 1.29 is 4.79 Å². The van der Waals surface area contributed by atoms with E-state index in [9.17, 15) is 4.79 Å². The van der Waals surface area contributed by atoms with Gasteiger partial charge in [-0.05, 0) is 35.9 Å². The molecule has 0 unspecified atom stereocenters. The van der Waals surface area contributed by atoms with Crippen molar-refractivity contribution in [3.8, 4) is 0 Å². The zero-order valence-electron chi connectivity index (χ0n) is 11.4. The summed E-state index contributed by atoms with van der Waals surface area (Å²) in [5.41, 5.74) is 2.02. The lowest BCUT2D eigenvalue weighted by atomic mass is 10.1. The molecule has 20 heavy (non-hydrogen) atoms. The molecule has 0 bridgehead atoms. The molecule has 0 spiro atoms. The number of hydrogen-bond donors (Lipinski definition) is 2. The van der Waals surface area contributed by atoms with Crippen LogP contribution in [0.3, 0.4) is 0 Å². The summed E-state index contributed by atoms with van der Waals surface area (Å²) < 4.78 is 0. The molecule has 0 saturated carbocycles. The van der Waals surface area contributed by atoms with Gasteiger partial charge >= 0.3 is 0 Å². The zero-order valence-corrected chi connectivity index (χ0v) is 11.4. The van der Waals surface area contributed by atoms with Crippen LogP contribution in [0.2, 0.25) is 0 Å². The Hall–Kier alpha value is -2.13. The fourth-order valence-electron chi connectivity index (χ4n) is 2.46. The smallest absolute Gasteiger partial charge is 0.251 e. The highest BCUT2D eigenvalue weighted by molar-refractivity contribution is 5.98. The van der Waals surface area contributed by atoms with Gasteiger partial charge in [0, 0.05) is 18.7 Å². The second-order valence-corrected chi connectivity index (χ2v) is 5.06. The maximum Gasteiger partial charge on any atom is 0.251 e. The van der Waals surface area contributed by atoms with Crippen LogP contribution >= 0.6 is 0 Å². The highest BCUT2D eigenvalue weighted by atomic mass is 16.1. The van der Waals surface area contributed by atoms with Crippen LogP contribution in [-0.2, 0) is 0 Å². The number of carbonyl (C=O) groups excluding carboxylic acids is 1. The highest BCUT2D eigenvalue weighted by Crippen LogP contribution is 2.15. The summed E-state index contributed by atoms with van der Waals surface area (Å²) >= 11 is 0. The number of amides is 1. The van der Waals surface area contributed by atoms with Crippen LogP contribution in [0.15, 0.2) is 54.1 Å². The van der Waals surface area contributed by atoms with Crippen molar-refractivity contribution in [2.24, 2.45) is 0 Å². The van der Waals surface area contributed by atoms with Gasteiger partial charge in [-0.2, -0.15) is 0 Å². The Balaban J connectivity index is 1.70. The number of rotatable bonds is 3. The molecule has 2 aromatic rings. The van der Waals surface area contributed by atoms with E-state index in [0.717, 1.165) is 35.8 Å². The highest BCUT2D eigenvalue weighted by Gasteiger charge is 2.08. The van der Waals surface area contributed by atoms with Crippen LogP contribution in [0.5, 0.6) is 0 Å². The number of nitrogens with one attached hydrogen (secondary N) is 2. The lowest BCUT2D eigenvalue weighted by Crippen LogP contribution is -2.29. The fraction of sp³-hybridized carbons (Fsp3) is 0.235. The second kappa shape index (κ2) is 5.88. The van der Waals surface area contributed by atoms with Gasteiger partial charge in [-0.3, -0.25) is 4.79 Å². The number of hydrogen-bond acceptors (Lipinski definition) is 2. The minimum atomic E-state index is -0.00446. The van der Waals surface area contributed by atoms with E-state index in [1.807, 2.05) is 36.4 Å². The summed E-state index contributed by atoms with van der Waals surface area (Å²) in [7, 11) is 0. The van der Waals surface area contributed by atoms with Crippen molar-refractivity contribution in [2.45, 2.75) is 6.42 Å². The van der Waals surface area contributed by atoms with Crippen LogP contribution in [0.1, 0.15) is 16.8 Å². The van der Waals surface area contributed by atoms with E-state index in [4.69, 9.17) is 0 Å². The van der Waals surface area contributed by atoms with E-state index in [0.29, 0.717) is 6.54 Å². The maximum absolute atomic E-state index is 12.2. The quantitative estimate of drug-likeness (QED) is 0.838. The number of benzene rings is 2. The summed E-state index contributed by atoms with van der Waals surface area (Å²) in [6, 6.07) is 13.9. The third-order valence-electron chi connectivity index (χ3n) is 3.65. The van der Waals surface area contributed by atoms with E-state index in [1.54, 1.807) is 0 Å². The fourth-order valence-corrected chi connectivity index (χ4v) is 2.46. The number of carbonyl (C=O) groups is 1. The molecule has 0 atom stereocenters. The van der Waals surface area contributed by atoms with Crippen LogP contribution in [0, 0.1) is 0 Å². The summed E-state index contributed by atoms with van der Waals surface area (Å²) in [6.45, 7) is 2.55. The van der Waals surface area contributed by atoms with Crippen LogP contribution < -0.4 is 10.6 Å². The Morgan fingerprint density at radius 3 is 2.80 bits per heavy atom. The normalized spacial score (nSPS) is 14.9. The Labute approximate surface area is 118 Å². The van der Waals surface area contributed by atoms with Gasteiger partial charge in [0.05, 0.1) is 0 Å². The van der Waals surface area contributed by atoms with Crippen molar-refractivity contribution in [1.82, 2.24) is 10.6 Å². The molecule has 0 saturated heterocycles. The molecule has 2 aromatic carbocycles. The Bertz CT molecular complexity index is 661. The minimum Gasteiger partial charge on any atom is -0.348 e. The van der Waals surface area contributed by atoms with E-state index in [1.165, 1.54) is 5.57 Å². The molecule has 102 valence electrons. The number of fused-ring (bicyclic) bond motifs is 1. The summed E-state index contributed by atoms with van der Waals surface area (Å²) in [5.74, 6) is -0.00446. The molecule has 2 N–H and O–H groups in total. The van der Waals surface area contributed by atoms with Gasteiger partial charge < -0.3 is 10.6 Å². The summed E-state index contributed by atoms with van der Waals surface area (Å²) in [6.07, 6.45) is 3.17. The SMILES string of the molecule is O=C(NCC1=CCNCC1)c1ccc2ccccc2c1. The molecule has 0 aromatic heterocycles. The lowest BCUT2D eigenvalue weighted by Gasteiger charge is -2.14. The monoisotopic (exact) mass is 266 g/mol. The summed E-state index contributed by atoms with van der Waals surface area (Å²) in [5, 5.41) is 8.52. The molecule has 0 radical (unpaired) electrons. The molecule has 0 aliphatic carbocycles. The van der Waals surface area contributed by atoms with Gasteiger partial charge in [0.25, 0.3) is 5.91 Å². The molecule has 1 aliphatic heterocycles. The first kappa shape index (κ1) is 12.9. The van der Waals surface area contributed by atoms with Crippen molar-refractivity contribution in [3.05, 3.63) is 59.7 Å². The largest absolute Gasteiger partial charge is 0.348 e. The van der Waals surface area contributed by atoms with Crippen molar-refractivity contribution >= 4 is 16.7 Å². The molecule has 0 fully saturated rings. The van der Waals surface area contributed by atoms with E-state index in [2.05, 4.69) is 22.8 Å². The third-order valence-corrected chi connectivity index (χ3v) is 3.65. The van der Waals surface area contributed by atoms with Crippen molar-refractivity contribution in [2.75, 3.05) is 19.6 Å². The lowest BCUT2D eigenvalue weighted by molar-refractivity contribution is 0.0957. The first-order valence-corrected chi connectivity index (χ1v) is 6.98. The first-order valence-electron chi connectivity index (χ1n) is 6.98. The third kappa shape index (κ3) is 2.89. The Morgan fingerprint density at radius 2 is 2.00 bits per heavy atom. The Kier molecular flexibility index (Phi) is 3.79. The predicted molar refractivity (Wildman–Crippen MR) is 81.9 cm³/mol. The van der Waals surface area contributed by atoms with Gasteiger partial charge in [0.15, 0.2) is 0 Å². The molecule has 3 rings (SSSR count). The standard InChI is InChI=1S/C17H18N2O/c20-17(19-12-13-7-9-18-10-8-13)16-6-5-14-3-1-2-4-15(14)11-16/h1-7,11,18H,8-10,12H2,(H,19,20). The van der Waals surface area contributed by atoms with Gasteiger partial charge in [0.2, 0.25) is 0 Å². The predicted octanol–water partition coefficient (Wildman–Crippen LogP) is 2.49. The van der Waals surface area contributed by atoms with Crippen LogP contribution in [0.4, 0.5) is 0 Å². The van der Waals surface area contributed by atoms with Crippen LogP contribution in [-0.4, -0.2) is 25.5 Å². The first-order chi connectivity index (χ1) is 9.83. The molecule has 1 aliphatic rings. The van der Waals surface area contributed by atoms with Gasteiger partial charge in [-0.15, -0.1) is 0 Å². The van der Waals surface area contributed by atoms with Gasteiger partial charge in [-0.25, -0.2) is 0 Å². The van der Waals surface area contributed by atoms with Crippen molar-refractivity contribution in [3.63, 3.8) is 0 Å². The molecule has 3 nitrogen and oxygen atoms in total. The van der Waals surface area contributed by atoms with Crippen molar-refractivity contribution in [1.29, 1.82) is 0 Å². The molecule has 3 heteroatoms. The average molecular weight is 266 g/mol. The topological polar surface area (TPSA) is 41.1 Å². The van der Waals surface area contributed by atoms with Gasteiger partial charge in [0.1, 0.15) is 0 Å². The van der Waals surface area contributed by atoms with E-state index < -0.39 is 0 Å². The Morgan fingerprint density at radius 1 is 1.15 bits per heavy atom. The summed E-state index contributed by atoms with van der Waals surface area (Å²) in [4.78, 5) is 12.2. The molecule has 1 heterocycles. The zero-order chi connectivity index (χ0) is 13.8. The average Bonchev–Trinajstić information content (AvgIpc) is 2.53. The van der Waals surface area contributed by atoms with E-state index in [-0.39, 0.29) is 5.91 Å². The van der Waals surface area contributed by atoms with E-state index >= 15 is 0 Å². The molecule has 1 amide bonds. The minimum absolute atomic E-state index is 0.00446.